The number of aromatic nitrogens is 2. The fourth-order valence-corrected chi connectivity index (χ4v) is 2.39. The second-order valence-electron chi connectivity index (χ2n) is 5.19. The van der Waals surface area contributed by atoms with Gasteiger partial charge in [0.1, 0.15) is 0 Å². The molecule has 0 aliphatic heterocycles. The number of H-pyrrole nitrogens is 1. The lowest BCUT2D eigenvalue weighted by Gasteiger charge is -2.26. The van der Waals surface area contributed by atoms with Crippen molar-refractivity contribution in [2.24, 2.45) is 0 Å². The first-order chi connectivity index (χ1) is 11.7. The number of carbonyl (C=O) groups excluding carboxylic acids is 1. The molecule has 0 spiro atoms. The molecule has 0 saturated carbocycles. The van der Waals surface area contributed by atoms with Crippen molar-refractivity contribution >= 4 is 17.4 Å². The number of benzene rings is 2. The zero-order chi connectivity index (χ0) is 16.9. The van der Waals surface area contributed by atoms with Crippen LogP contribution < -0.4 is 9.96 Å². The van der Waals surface area contributed by atoms with Crippen LogP contribution in [0, 0.1) is 0 Å². The molecule has 0 bridgehead atoms. The van der Waals surface area contributed by atoms with Gasteiger partial charge in [0.2, 0.25) is 0 Å². The van der Waals surface area contributed by atoms with E-state index in [-0.39, 0.29) is 6.03 Å². The smallest absolute Gasteiger partial charge is 0.295 e. The third kappa shape index (κ3) is 3.13. The van der Waals surface area contributed by atoms with Crippen LogP contribution in [-0.2, 0) is 4.84 Å². The van der Waals surface area contributed by atoms with Crippen LogP contribution in [0.2, 0.25) is 0 Å². The van der Waals surface area contributed by atoms with Gasteiger partial charge in [0.15, 0.2) is 0 Å². The van der Waals surface area contributed by atoms with Gasteiger partial charge in [0.05, 0.1) is 19.0 Å². The summed E-state index contributed by atoms with van der Waals surface area (Å²) < 4.78 is 0. The summed E-state index contributed by atoms with van der Waals surface area (Å²) in [6, 6.07) is 16.6. The fraction of sp³-hybridized carbons (Fsp3) is 0.111. The molecule has 0 radical (unpaired) electrons. The first-order valence-electron chi connectivity index (χ1n) is 7.47. The van der Waals surface area contributed by atoms with Gasteiger partial charge in [-0.1, -0.05) is 30.3 Å². The van der Waals surface area contributed by atoms with E-state index in [4.69, 9.17) is 4.84 Å². The molecule has 1 N–H and O–H groups in total. The summed E-state index contributed by atoms with van der Waals surface area (Å²) in [5.74, 6) is 0. The van der Waals surface area contributed by atoms with Crippen molar-refractivity contribution in [1.82, 2.24) is 10.2 Å². The Kier molecular flexibility index (Phi) is 4.58. The highest BCUT2D eigenvalue weighted by molar-refractivity contribution is 6.01. The van der Waals surface area contributed by atoms with Crippen LogP contribution >= 0.6 is 0 Å². The first kappa shape index (κ1) is 15.8. The van der Waals surface area contributed by atoms with E-state index in [1.54, 1.807) is 13.2 Å². The van der Waals surface area contributed by atoms with E-state index in [0.717, 1.165) is 16.8 Å². The summed E-state index contributed by atoms with van der Waals surface area (Å²) in [4.78, 5) is 19.5. The Balaban J connectivity index is 1.80. The number of nitrogens with zero attached hydrogens (tertiary/aromatic N) is 3. The molecular formula is C18H18N4O2. The summed E-state index contributed by atoms with van der Waals surface area (Å²) >= 11 is 0. The highest BCUT2D eigenvalue weighted by Gasteiger charge is 2.21. The minimum absolute atomic E-state index is 0.278. The standard InChI is InChI=1S/C18H18N4O2/c1-21(18(23)22(24-2)17-6-4-3-5-7-17)16-10-8-14(9-11-16)15-12-19-20-13-15/h3-13H,1-2H3,(H,19,20). The maximum atomic E-state index is 12.7. The molecule has 3 aromatic rings. The van der Waals surface area contributed by atoms with Crippen molar-refractivity contribution in [2.45, 2.75) is 0 Å². The fourth-order valence-electron chi connectivity index (χ4n) is 2.39. The van der Waals surface area contributed by atoms with E-state index in [2.05, 4.69) is 10.2 Å². The van der Waals surface area contributed by atoms with Gasteiger partial charge >= 0.3 is 6.03 Å². The maximum absolute atomic E-state index is 12.7. The third-order valence-electron chi connectivity index (χ3n) is 3.72. The van der Waals surface area contributed by atoms with Gasteiger partial charge in [0, 0.05) is 24.5 Å². The van der Waals surface area contributed by atoms with Gasteiger partial charge in [-0.3, -0.25) is 14.8 Å². The molecule has 0 unspecified atom stereocenters. The number of aromatic amines is 1. The normalized spacial score (nSPS) is 10.4. The highest BCUT2D eigenvalue weighted by Crippen LogP contribution is 2.23. The molecule has 24 heavy (non-hydrogen) atoms. The number of rotatable bonds is 4. The molecule has 0 atom stereocenters. The summed E-state index contributed by atoms with van der Waals surface area (Å²) in [6.45, 7) is 0. The lowest BCUT2D eigenvalue weighted by atomic mass is 10.1. The number of hydroxylamine groups is 1. The third-order valence-corrected chi connectivity index (χ3v) is 3.72. The molecule has 6 nitrogen and oxygen atoms in total. The zero-order valence-corrected chi connectivity index (χ0v) is 13.5. The lowest BCUT2D eigenvalue weighted by Crippen LogP contribution is -2.40. The van der Waals surface area contributed by atoms with Gasteiger partial charge in [0.25, 0.3) is 0 Å². The predicted molar refractivity (Wildman–Crippen MR) is 93.8 cm³/mol. The Bertz CT molecular complexity index is 786. The average molecular weight is 322 g/mol. The Morgan fingerprint density at radius 3 is 2.29 bits per heavy atom. The molecule has 2 amide bonds. The molecule has 0 aliphatic rings. The number of urea groups is 1. The molecule has 0 aliphatic carbocycles. The van der Waals surface area contributed by atoms with Crippen molar-refractivity contribution in [3.05, 3.63) is 67.0 Å². The summed E-state index contributed by atoms with van der Waals surface area (Å²) in [7, 11) is 3.19. The van der Waals surface area contributed by atoms with E-state index < -0.39 is 0 Å². The molecule has 122 valence electrons. The summed E-state index contributed by atoms with van der Waals surface area (Å²) in [5.41, 5.74) is 3.47. The molecule has 6 heteroatoms. The largest absolute Gasteiger partial charge is 0.352 e. The van der Waals surface area contributed by atoms with E-state index in [0.29, 0.717) is 5.69 Å². The molecule has 3 rings (SSSR count). The summed E-state index contributed by atoms with van der Waals surface area (Å²) in [6.07, 6.45) is 3.58. The SMILES string of the molecule is CON(C(=O)N(C)c1ccc(-c2cn[nH]c2)cc1)c1ccccc1. The number of hydrogen-bond donors (Lipinski definition) is 1. The van der Waals surface area contributed by atoms with Crippen molar-refractivity contribution in [2.75, 3.05) is 24.1 Å². The number of para-hydroxylation sites is 1. The lowest BCUT2D eigenvalue weighted by molar-refractivity contribution is 0.167. The maximum Gasteiger partial charge on any atom is 0.352 e. The predicted octanol–water partition coefficient (Wildman–Crippen LogP) is 3.70. The second-order valence-corrected chi connectivity index (χ2v) is 5.19. The van der Waals surface area contributed by atoms with Crippen LogP contribution in [0.4, 0.5) is 16.2 Å². The van der Waals surface area contributed by atoms with Gasteiger partial charge in [-0.25, -0.2) is 4.79 Å². The molecule has 1 heterocycles. The van der Waals surface area contributed by atoms with Crippen molar-refractivity contribution in [3.63, 3.8) is 0 Å². The molecule has 0 saturated heterocycles. The van der Waals surface area contributed by atoms with Crippen LogP contribution in [0.25, 0.3) is 11.1 Å². The first-order valence-corrected chi connectivity index (χ1v) is 7.47. The van der Waals surface area contributed by atoms with Crippen molar-refractivity contribution in [3.8, 4) is 11.1 Å². The number of anilines is 2. The number of carbonyl (C=O) groups is 1. The van der Waals surface area contributed by atoms with Crippen LogP contribution in [0.15, 0.2) is 67.0 Å². The Hall–Kier alpha value is -3.12. The number of hydrogen-bond acceptors (Lipinski definition) is 3. The molecule has 2 aromatic carbocycles. The van der Waals surface area contributed by atoms with E-state index >= 15 is 0 Å². The molecular weight excluding hydrogens is 304 g/mol. The van der Waals surface area contributed by atoms with Crippen LogP contribution in [0.1, 0.15) is 0 Å². The Labute approximate surface area is 140 Å². The molecule has 0 fully saturated rings. The van der Waals surface area contributed by atoms with Gasteiger partial charge < -0.3 is 0 Å². The van der Waals surface area contributed by atoms with Gasteiger partial charge in [-0.2, -0.15) is 10.2 Å². The Morgan fingerprint density at radius 1 is 1.00 bits per heavy atom. The van der Waals surface area contributed by atoms with Crippen LogP contribution in [0.5, 0.6) is 0 Å². The van der Waals surface area contributed by atoms with E-state index in [9.17, 15) is 4.79 Å². The zero-order valence-electron chi connectivity index (χ0n) is 13.5. The van der Waals surface area contributed by atoms with Crippen LogP contribution in [0.3, 0.4) is 0 Å². The topological polar surface area (TPSA) is 61.5 Å². The minimum Gasteiger partial charge on any atom is -0.295 e. The van der Waals surface area contributed by atoms with Crippen molar-refractivity contribution < 1.29 is 9.63 Å². The molecule has 1 aromatic heterocycles. The van der Waals surface area contributed by atoms with E-state index in [1.807, 2.05) is 60.8 Å². The van der Waals surface area contributed by atoms with Gasteiger partial charge in [-0.15, -0.1) is 0 Å². The van der Waals surface area contributed by atoms with Crippen molar-refractivity contribution in [1.29, 1.82) is 0 Å². The van der Waals surface area contributed by atoms with E-state index in [1.165, 1.54) is 17.1 Å². The number of amides is 2. The monoisotopic (exact) mass is 322 g/mol. The Morgan fingerprint density at radius 2 is 1.71 bits per heavy atom. The second kappa shape index (κ2) is 6.97. The summed E-state index contributed by atoms with van der Waals surface area (Å²) in [5, 5.41) is 7.98. The average Bonchev–Trinajstić information content (AvgIpc) is 3.17. The van der Waals surface area contributed by atoms with Crippen LogP contribution in [-0.4, -0.2) is 30.4 Å². The van der Waals surface area contributed by atoms with Gasteiger partial charge in [-0.05, 0) is 29.8 Å². The highest BCUT2D eigenvalue weighted by atomic mass is 16.7. The number of nitrogens with one attached hydrogen (secondary N) is 1. The quantitative estimate of drug-likeness (QED) is 0.745. The minimum atomic E-state index is -0.278.